The van der Waals surface area contributed by atoms with E-state index in [1.54, 1.807) is 0 Å². The van der Waals surface area contributed by atoms with Gasteiger partial charge >= 0.3 is 0 Å². The zero-order valence-electron chi connectivity index (χ0n) is 19.8. The Hall–Kier alpha value is -3.35. The zero-order chi connectivity index (χ0) is 23.5. The van der Waals surface area contributed by atoms with Gasteiger partial charge in [0.05, 0.1) is 0 Å². The first-order chi connectivity index (χ1) is 16.5. The van der Waals surface area contributed by atoms with Gasteiger partial charge in [-0.25, -0.2) is 0 Å². The van der Waals surface area contributed by atoms with Gasteiger partial charge in [-0.1, -0.05) is 42.5 Å². The molecule has 176 valence electrons. The van der Waals surface area contributed by atoms with Gasteiger partial charge < -0.3 is 14.8 Å². The van der Waals surface area contributed by atoms with Crippen LogP contribution in [0.3, 0.4) is 0 Å². The van der Waals surface area contributed by atoms with E-state index in [4.69, 9.17) is 9.47 Å². The molecule has 2 aliphatic rings. The summed E-state index contributed by atoms with van der Waals surface area (Å²) in [5, 5.41) is 3.17. The molecule has 2 aliphatic heterocycles. The predicted molar refractivity (Wildman–Crippen MR) is 133 cm³/mol. The molecule has 1 atom stereocenters. The standard InChI is InChI=1S/C28H31N3O3/c1-20-14-21(2)16-24(15-20)29-28(32)27(23-6-4-3-5-7-23)31-12-10-30(11-13-31)18-22-8-9-25-26(17-22)34-19-33-25/h3-9,14-17,27H,10-13,18-19H2,1-2H3,(H,29,32)/t27-/m1/s1. The molecule has 6 nitrogen and oxygen atoms in total. The molecule has 1 saturated heterocycles. The van der Waals surface area contributed by atoms with Gasteiger partial charge in [0.15, 0.2) is 11.5 Å². The number of hydrogen-bond donors (Lipinski definition) is 1. The quantitative estimate of drug-likeness (QED) is 0.590. The van der Waals surface area contributed by atoms with Crippen molar-refractivity contribution in [1.82, 2.24) is 9.80 Å². The SMILES string of the molecule is Cc1cc(C)cc(NC(=O)[C@@H](c2ccccc2)N2CCN(Cc3ccc4c(c3)OCO4)CC2)c1. The van der Waals surface area contributed by atoms with E-state index in [1.807, 2.05) is 48.5 Å². The van der Waals surface area contributed by atoms with Crippen molar-refractivity contribution in [3.8, 4) is 11.5 Å². The number of rotatable bonds is 6. The fourth-order valence-corrected chi connectivity index (χ4v) is 4.90. The molecule has 0 aliphatic carbocycles. The third-order valence-electron chi connectivity index (χ3n) is 6.47. The molecule has 0 aromatic heterocycles. The maximum Gasteiger partial charge on any atom is 0.246 e. The normalized spacial score (nSPS) is 16.9. The number of nitrogens with one attached hydrogen (secondary N) is 1. The number of hydrogen-bond acceptors (Lipinski definition) is 5. The van der Waals surface area contributed by atoms with Gasteiger partial charge in [-0.05, 0) is 60.4 Å². The maximum absolute atomic E-state index is 13.5. The van der Waals surface area contributed by atoms with Crippen molar-refractivity contribution >= 4 is 11.6 Å². The summed E-state index contributed by atoms with van der Waals surface area (Å²) < 4.78 is 10.9. The fourth-order valence-electron chi connectivity index (χ4n) is 4.90. The highest BCUT2D eigenvalue weighted by atomic mass is 16.7. The average Bonchev–Trinajstić information content (AvgIpc) is 3.28. The largest absolute Gasteiger partial charge is 0.454 e. The van der Waals surface area contributed by atoms with Gasteiger partial charge in [-0.3, -0.25) is 14.6 Å². The van der Waals surface area contributed by atoms with Gasteiger partial charge in [0.1, 0.15) is 6.04 Å². The van der Waals surface area contributed by atoms with E-state index in [9.17, 15) is 4.79 Å². The van der Waals surface area contributed by atoms with Crippen molar-refractivity contribution in [2.45, 2.75) is 26.4 Å². The van der Waals surface area contributed by atoms with E-state index < -0.39 is 0 Å². The highest BCUT2D eigenvalue weighted by Crippen LogP contribution is 2.33. The number of amides is 1. The molecule has 0 radical (unpaired) electrons. The van der Waals surface area contributed by atoms with E-state index >= 15 is 0 Å². The van der Waals surface area contributed by atoms with Crippen molar-refractivity contribution in [1.29, 1.82) is 0 Å². The summed E-state index contributed by atoms with van der Waals surface area (Å²) >= 11 is 0. The third kappa shape index (κ3) is 5.08. The van der Waals surface area contributed by atoms with Crippen molar-refractivity contribution in [3.05, 3.63) is 89.0 Å². The van der Waals surface area contributed by atoms with Crippen LogP contribution in [-0.2, 0) is 11.3 Å². The summed E-state index contributed by atoms with van der Waals surface area (Å²) in [4.78, 5) is 18.2. The second-order valence-electron chi connectivity index (χ2n) is 9.18. The molecule has 6 heteroatoms. The highest BCUT2D eigenvalue weighted by molar-refractivity contribution is 5.95. The first-order valence-electron chi connectivity index (χ1n) is 11.8. The Balaban J connectivity index is 1.27. The second-order valence-corrected chi connectivity index (χ2v) is 9.18. The molecule has 3 aromatic rings. The van der Waals surface area contributed by atoms with Crippen LogP contribution >= 0.6 is 0 Å². The lowest BCUT2D eigenvalue weighted by atomic mass is 10.0. The van der Waals surface area contributed by atoms with Crippen LogP contribution < -0.4 is 14.8 Å². The Morgan fingerprint density at radius 1 is 0.882 bits per heavy atom. The van der Waals surface area contributed by atoms with Crippen LogP contribution in [0, 0.1) is 13.8 Å². The molecule has 34 heavy (non-hydrogen) atoms. The number of carbonyl (C=O) groups excluding carboxylic acids is 1. The van der Waals surface area contributed by atoms with Crippen LogP contribution in [0.15, 0.2) is 66.7 Å². The minimum atomic E-state index is -0.324. The summed E-state index contributed by atoms with van der Waals surface area (Å²) in [7, 11) is 0. The third-order valence-corrected chi connectivity index (χ3v) is 6.47. The molecule has 3 aromatic carbocycles. The molecule has 2 heterocycles. The Bertz CT molecular complexity index is 1140. The minimum absolute atomic E-state index is 0.0143. The van der Waals surface area contributed by atoms with Gasteiger partial charge in [0.2, 0.25) is 12.7 Å². The summed E-state index contributed by atoms with van der Waals surface area (Å²) in [6.45, 7) is 8.70. The van der Waals surface area contributed by atoms with Crippen LogP contribution in [0.2, 0.25) is 0 Å². The Morgan fingerprint density at radius 2 is 1.59 bits per heavy atom. The van der Waals surface area contributed by atoms with E-state index in [1.165, 1.54) is 5.56 Å². The predicted octanol–water partition coefficient (Wildman–Crippen LogP) is 4.53. The smallest absolute Gasteiger partial charge is 0.246 e. The average molecular weight is 458 g/mol. The number of aryl methyl sites for hydroxylation is 2. The highest BCUT2D eigenvalue weighted by Gasteiger charge is 2.30. The van der Waals surface area contributed by atoms with Crippen molar-refractivity contribution in [2.24, 2.45) is 0 Å². The lowest BCUT2D eigenvalue weighted by Gasteiger charge is -2.39. The molecule has 1 N–H and O–H groups in total. The molecular formula is C28H31N3O3. The monoisotopic (exact) mass is 457 g/mol. The molecule has 1 amide bonds. The number of anilines is 1. The summed E-state index contributed by atoms with van der Waals surface area (Å²) in [5.41, 5.74) is 5.37. The van der Waals surface area contributed by atoms with Gasteiger partial charge in [0.25, 0.3) is 0 Å². The fraction of sp³-hybridized carbons (Fsp3) is 0.321. The van der Waals surface area contributed by atoms with E-state index in [-0.39, 0.29) is 11.9 Å². The van der Waals surface area contributed by atoms with Gasteiger partial charge in [-0.15, -0.1) is 0 Å². The van der Waals surface area contributed by atoms with Crippen molar-refractivity contribution in [2.75, 3.05) is 38.3 Å². The number of piperazine rings is 1. The Kier molecular flexibility index (Phi) is 6.52. The van der Waals surface area contributed by atoms with Crippen LogP contribution in [0.4, 0.5) is 5.69 Å². The minimum Gasteiger partial charge on any atom is -0.454 e. The number of benzene rings is 3. The first kappa shape index (κ1) is 22.4. The van der Waals surface area contributed by atoms with Crippen LogP contribution in [0.25, 0.3) is 0 Å². The van der Waals surface area contributed by atoms with Crippen LogP contribution in [-0.4, -0.2) is 48.7 Å². The summed E-state index contributed by atoms with van der Waals surface area (Å²) in [5.74, 6) is 1.65. The molecule has 0 bridgehead atoms. The van der Waals surface area contributed by atoms with Crippen LogP contribution in [0.5, 0.6) is 11.5 Å². The topological polar surface area (TPSA) is 54.0 Å². The van der Waals surface area contributed by atoms with Crippen molar-refractivity contribution in [3.63, 3.8) is 0 Å². The molecule has 0 saturated carbocycles. The van der Waals surface area contributed by atoms with Crippen molar-refractivity contribution < 1.29 is 14.3 Å². The molecule has 0 spiro atoms. The molecule has 1 fully saturated rings. The van der Waals surface area contributed by atoms with Crippen LogP contribution in [0.1, 0.15) is 28.3 Å². The van der Waals surface area contributed by atoms with Gasteiger partial charge in [0, 0.05) is 38.4 Å². The second kappa shape index (κ2) is 9.87. The first-order valence-corrected chi connectivity index (χ1v) is 11.8. The van der Waals surface area contributed by atoms with E-state index in [0.717, 1.165) is 66.6 Å². The number of nitrogens with zero attached hydrogens (tertiary/aromatic N) is 2. The summed E-state index contributed by atoms with van der Waals surface area (Å²) in [6, 6.07) is 22.1. The summed E-state index contributed by atoms with van der Waals surface area (Å²) in [6.07, 6.45) is 0. The lowest BCUT2D eigenvalue weighted by Crippen LogP contribution is -2.49. The Labute approximate surface area is 201 Å². The molecule has 0 unspecified atom stereocenters. The molecule has 5 rings (SSSR count). The van der Waals surface area contributed by atoms with E-state index in [2.05, 4.69) is 47.2 Å². The zero-order valence-corrected chi connectivity index (χ0v) is 19.8. The van der Waals surface area contributed by atoms with E-state index in [0.29, 0.717) is 6.79 Å². The maximum atomic E-state index is 13.5. The lowest BCUT2D eigenvalue weighted by molar-refractivity contribution is -0.122. The number of carbonyl (C=O) groups is 1. The number of ether oxygens (including phenoxy) is 2. The Morgan fingerprint density at radius 3 is 2.32 bits per heavy atom. The number of fused-ring (bicyclic) bond motifs is 1. The molecular weight excluding hydrogens is 426 g/mol. The van der Waals surface area contributed by atoms with Gasteiger partial charge in [-0.2, -0.15) is 0 Å².